The first-order valence-electron chi connectivity index (χ1n) is 6.03. The Hall–Kier alpha value is -2.15. The van der Waals surface area contributed by atoms with Gasteiger partial charge in [-0.3, -0.25) is 10.1 Å². The van der Waals surface area contributed by atoms with Gasteiger partial charge in [0.2, 0.25) is 5.13 Å². The predicted molar refractivity (Wildman–Crippen MR) is 76.8 cm³/mol. The molecule has 0 aliphatic carbocycles. The van der Waals surface area contributed by atoms with E-state index in [2.05, 4.69) is 15.5 Å². The number of anilines is 1. The standard InChI is InChI=1S/C13H15N3O3S/c1-4-11-15-16-13(20-11)14-12(17)8-5-6-9(18-2)10(7-8)19-3/h5-7H,4H2,1-3H3,(H,14,16,17). The van der Waals surface area contributed by atoms with E-state index in [0.717, 1.165) is 11.4 Å². The molecule has 0 atom stereocenters. The number of carbonyl (C=O) groups is 1. The summed E-state index contributed by atoms with van der Waals surface area (Å²) in [6.07, 6.45) is 0.796. The quantitative estimate of drug-likeness (QED) is 0.916. The average molecular weight is 293 g/mol. The molecule has 1 aromatic carbocycles. The van der Waals surface area contributed by atoms with Crippen LogP contribution in [0.15, 0.2) is 18.2 Å². The number of aryl methyl sites for hydroxylation is 1. The van der Waals surface area contributed by atoms with Crippen LogP contribution in [0, 0.1) is 0 Å². The minimum Gasteiger partial charge on any atom is -0.493 e. The Morgan fingerprint density at radius 3 is 2.60 bits per heavy atom. The van der Waals surface area contributed by atoms with E-state index in [-0.39, 0.29) is 5.91 Å². The van der Waals surface area contributed by atoms with E-state index in [1.54, 1.807) is 25.3 Å². The molecule has 106 valence electrons. The Bertz CT molecular complexity index is 613. The van der Waals surface area contributed by atoms with Gasteiger partial charge < -0.3 is 9.47 Å². The molecular weight excluding hydrogens is 278 g/mol. The summed E-state index contributed by atoms with van der Waals surface area (Å²) in [4.78, 5) is 12.1. The molecule has 2 aromatic rings. The van der Waals surface area contributed by atoms with Crippen molar-refractivity contribution in [3.63, 3.8) is 0 Å². The summed E-state index contributed by atoms with van der Waals surface area (Å²) in [6.45, 7) is 1.99. The molecule has 0 fully saturated rings. The van der Waals surface area contributed by atoms with E-state index in [4.69, 9.17) is 9.47 Å². The number of nitrogens with zero attached hydrogens (tertiary/aromatic N) is 2. The number of benzene rings is 1. The van der Waals surface area contributed by atoms with Crippen LogP contribution in [0.3, 0.4) is 0 Å². The van der Waals surface area contributed by atoms with Crippen LogP contribution >= 0.6 is 11.3 Å². The molecule has 1 heterocycles. The van der Waals surface area contributed by atoms with Crippen molar-refractivity contribution in [3.8, 4) is 11.5 Å². The Labute approximate surface area is 120 Å². The van der Waals surface area contributed by atoms with Gasteiger partial charge in [-0.05, 0) is 24.6 Å². The first kappa shape index (κ1) is 14.3. The fourth-order valence-electron chi connectivity index (χ4n) is 1.59. The zero-order valence-electron chi connectivity index (χ0n) is 11.5. The SMILES string of the molecule is CCc1nnc(NC(=O)c2ccc(OC)c(OC)c2)s1. The zero-order chi connectivity index (χ0) is 14.5. The van der Waals surface area contributed by atoms with Crippen molar-refractivity contribution in [1.82, 2.24) is 10.2 Å². The van der Waals surface area contributed by atoms with Crippen LogP contribution < -0.4 is 14.8 Å². The number of hydrogen-bond donors (Lipinski definition) is 1. The number of methoxy groups -OCH3 is 2. The molecule has 0 aliphatic heterocycles. The number of ether oxygens (including phenoxy) is 2. The molecule has 0 radical (unpaired) electrons. The highest BCUT2D eigenvalue weighted by Crippen LogP contribution is 2.28. The van der Waals surface area contributed by atoms with Crippen molar-refractivity contribution in [2.45, 2.75) is 13.3 Å². The zero-order valence-corrected chi connectivity index (χ0v) is 12.3. The highest BCUT2D eigenvalue weighted by molar-refractivity contribution is 7.15. The first-order valence-corrected chi connectivity index (χ1v) is 6.85. The second-order valence-corrected chi connectivity index (χ2v) is 4.94. The minimum absolute atomic E-state index is 0.259. The van der Waals surface area contributed by atoms with Gasteiger partial charge in [-0.15, -0.1) is 10.2 Å². The Kier molecular flexibility index (Phi) is 4.52. The van der Waals surface area contributed by atoms with Gasteiger partial charge in [-0.2, -0.15) is 0 Å². The van der Waals surface area contributed by atoms with Crippen LogP contribution in [0.25, 0.3) is 0 Å². The Balaban J connectivity index is 2.16. The second kappa shape index (κ2) is 6.33. The molecule has 1 amide bonds. The van der Waals surface area contributed by atoms with Gasteiger partial charge in [-0.1, -0.05) is 18.3 Å². The summed E-state index contributed by atoms with van der Waals surface area (Å²) in [7, 11) is 3.07. The van der Waals surface area contributed by atoms with Crippen molar-refractivity contribution in [2.24, 2.45) is 0 Å². The normalized spacial score (nSPS) is 10.2. The van der Waals surface area contributed by atoms with E-state index in [9.17, 15) is 4.79 Å². The van der Waals surface area contributed by atoms with Crippen LogP contribution in [-0.2, 0) is 6.42 Å². The molecular formula is C13H15N3O3S. The lowest BCUT2D eigenvalue weighted by Gasteiger charge is -2.08. The van der Waals surface area contributed by atoms with E-state index in [1.807, 2.05) is 6.92 Å². The summed E-state index contributed by atoms with van der Waals surface area (Å²) < 4.78 is 10.3. The van der Waals surface area contributed by atoms with Gasteiger partial charge >= 0.3 is 0 Å². The topological polar surface area (TPSA) is 73.3 Å². The van der Waals surface area contributed by atoms with Crippen molar-refractivity contribution < 1.29 is 14.3 Å². The molecule has 7 heteroatoms. The number of aromatic nitrogens is 2. The lowest BCUT2D eigenvalue weighted by atomic mass is 10.2. The maximum absolute atomic E-state index is 12.1. The number of hydrogen-bond acceptors (Lipinski definition) is 6. The third-order valence-corrected chi connectivity index (χ3v) is 3.62. The van der Waals surface area contributed by atoms with Gasteiger partial charge in [0.15, 0.2) is 11.5 Å². The van der Waals surface area contributed by atoms with Crippen LogP contribution in [0.2, 0.25) is 0 Å². The van der Waals surface area contributed by atoms with Crippen molar-refractivity contribution >= 4 is 22.4 Å². The van der Waals surface area contributed by atoms with Gasteiger partial charge in [0.05, 0.1) is 14.2 Å². The lowest BCUT2D eigenvalue weighted by Crippen LogP contribution is -2.11. The summed E-state index contributed by atoms with van der Waals surface area (Å²) in [5, 5.41) is 11.9. The molecule has 6 nitrogen and oxygen atoms in total. The van der Waals surface area contributed by atoms with Gasteiger partial charge in [0, 0.05) is 5.56 Å². The number of rotatable bonds is 5. The molecule has 0 aliphatic rings. The third-order valence-electron chi connectivity index (χ3n) is 2.64. The van der Waals surface area contributed by atoms with Crippen LogP contribution in [-0.4, -0.2) is 30.3 Å². The number of amides is 1. The maximum Gasteiger partial charge on any atom is 0.257 e. The fraction of sp³-hybridized carbons (Fsp3) is 0.308. The van der Waals surface area contributed by atoms with Gasteiger partial charge in [-0.25, -0.2) is 0 Å². The summed E-state index contributed by atoms with van der Waals surface area (Å²) >= 11 is 1.36. The molecule has 0 spiro atoms. The lowest BCUT2D eigenvalue weighted by molar-refractivity contribution is 0.102. The van der Waals surface area contributed by atoms with Crippen LogP contribution in [0.1, 0.15) is 22.3 Å². The summed E-state index contributed by atoms with van der Waals surface area (Å²) in [5.74, 6) is 0.824. The molecule has 0 saturated carbocycles. The third kappa shape index (κ3) is 3.05. The summed E-state index contributed by atoms with van der Waals surface area (Å²) in [6, 6.07) is 4.97. The van der Waals surface area contributed by atoms with Gasteiger partial charge in [0.1, 0.15) is 5.01 Å². The van der Waals surface area contributed by atoms with Crippen LogP contribution in [0.4, 0.5) is 5.13 Å². The van der Waals surface area contributed by atoms with E-state index < -0.39 is 0 Å². The average Bonchev–Trinajstić information content (AvgIpc) is 2.94. The smallest absolute Gasteiger partial charge is 0.257 e. The fourth-order valence-corrected chi connectivity index (χ4v) is 2.27. The Morgan fingerprint density at radius 1 is 1.25 bits per heavy atom. The van der Waals surface area contributed by atoms with E-state index in [1.165, 1.54) is 18.4 Å². The van der Waals surface area contributed by atoms with Crippen molar-refractivity contribution in [2.75, 3.05) is 19.5 Å². The minimum atomic E-state index is -0.259. The second-order valence-electron chi connectivity index (χ2n) is 3.88. The highest BCUT2D eigenvalue weighted by atomic mass is 32.1. The largest absolute Gasteiger partial charge is 0.493 e. The predicted octanol–water partition coefficient (Wildman–Crippen LogP) is 2.37. The molecule has 0 saturated heterocycles. The molecule has 1 aromatic heterocycles. The van der Waals surface area contributed by atoms with Crippen molar-refractivity contribution in [3.05, 3.63) is 28.8 Å². The number of nitrogens with one attached hydrogen (secondary N) is 1. The van der Waals surface area contributed by atoms with Crippen LogP contribution in [0.5, 0.6) is 11.5 Å². The molecule has 20 heavy (non-hydrogen) atoms. The monoisotopic (exact) mass is 293 g/mol. The van der Waals surface area contributed by atoms with Gasteiger partial charge in [0.25, 0.3) is 5.91 Å². The first-order chi connectivity index (χ1) is 9.67. The highest BCUT2D eigenvalue weighted by Gasteiger charge is 2.12. The molecule has 1 N–H and O–H groups in total. The molecule has 0 bridgehead atoms. The Morgan fingerprint density at radius 2 is 2.00 bits per heavy atom. The maximum atomic E-state index is 12.1. The molecule has 2 rings (SSSR count). The van der Waals surface area contributed by atoms with E-state index >= 15 is 0 Å². The van der Waals surface area contributed by atoms with E-state index in [0.29, 0.717) is 22.2 Å². The molecule has 0 unspecified atom stereocenters. The summed E-state index contributed by atoms with van der Waals surface area (Å²) in [5.41, 5.74) is 0.468. The number of carbonyl (C=O) groups excluding carboxylic acids is 1. The van der Waals surface area contributed by atoms with Crippen molar-refractivity contribution in [1.29, 1.82) is 0 Å².